The number of nitrogens with two attached hydrogens (primary N) is 1. The molecular weight excluding hydrogens is 355 g/mol. The largest absolute Gasteiger partial charge is 0.396 e. The molecule has 1 saturated carbocycles. The Morgan fingerprint density at radius 3 is 2.30 bits per heavy atom. The maximum Gasteiger partial charge on any atom is 0.350 e. The van der Waals surface area contributed by atoms with Gasteiger partial charge in [-0.05, 0) is 25.8 Å². The predicted molar refractivity (Wildman–Crippen MR) is 98.9 cm³/mol. The van der Waals surface area contributed by atoms with Crippen molar-refractivity contribution < 1.29 is 14.6 Å². The Morgan fingerprint density at radius 2 is 1.78 bits per heavy atom. The van der Waals surface area contributed by atoms with Gasteiger partial charge < -0.3 is 21.0 Å². The quantitative estimate of drug-likeness (QED) is 0.630. The van der Waals surface area contributed by atoms with Crippen molar-refractivity contribution in [2.75, 3.05) is 37.0 Å². The highest BCUT2D eigenvalue weighted by atomic mass is 19.1. The van der Waals surface area contributed by atoms with E-state index in [0.29, 0.717) is 34.5 Å². The Kier molecular flexibility index (Phi) is 4.23. The van der Waals surface area contributed by atoms with Crippen LogP contribution in [0.25, 0.3) is 10.9 Å². The van der Waals surface area contributed by atoms with Crippen molar-refractivity contribution in [3.8, 4) is 0 Å². The zero-order chi connectivity index (χ0) is 19.5. The van der Waals surface area contributed by atoms with Crippen molar-refractivity contribution in [1.29, 1.82) is 0 Å². The van der Waals surface area contributed by atoms with Crippen LogP contribution in [0.15, 0.2) is 15.7 Å². The molecule has 4 rings (SSSR count). The van der Waals surface area contributed by atoms with E-state index in [4.69, 9.17) is 5.84 Å². The molecule has 1 aliphatic carbocycles. The van der Waals surface area contributed by atoms with Crippen LogP contribution >= 0.6 is 0 Å². The molecule has 2 atom stereocenters. The molecule has 2 aliphatic rings. The number of hydrogen-bond acceptors (Lipinski definition) is 6. The second-order valence-electron chi connectivity index (χ2n) is 7.58. The topological polar surface area (TPSA) is 114 Å². The molecule has 1 aliphatic heterocycles. The summed E-state index contributed by atoms with van der Waals surface area (Å²) in [5.74, 6) is 4.73. The van der Waals surface area contributed by atoms with E-state index in [-0.39, 0.29) is 36.5 Å². The van der Waals surface area contributed by atoms with Gasteiger partial charge in [-0.1, -0.05) is 0 Å². The molecule has 4 N–H and O–H groups in total. The lowest BCUT2D eigenvalue weighted by Gasteiger charge is -2.24. The van der Waals surface area contributed by atoms with Crippen molar-refractivity contribution >= 4 is 16.6 Å². The van der Waals surface area contributed by atoms with E-state index in [1.54, 1.807) is 11.8 Å². The summed E-state index contributed by atoms with van der Waals surface area (Å²) in [4.78, 5) is 26.8. The predicted octanol–water partition coefficient (Wildman–Crippen LogP) is -0.304. The molecule has 1 aromatic carbocycles. The molecule has 2 fully saturated rings. The Hall–Kier alpha value is -2.39. The number of nitrogen functional groups attached to an aromatic ring is 1. The van der Waals surface area contributed by atoms with Crippen molar-refractivity contribution in [3.05, 3.63) is 38.3 Å². The fourth-order valence-corrected chi connectivity index (χ4v) is 4.25. The molecule has 2 aromatic rings. The third-order valence-corrected chi connectivity index (χ3v) is 5.84. The number of aliphatic hydroxyl groups is 2. The van der Waals surface area contributed by atoms with Crippen LogP contribution in [0.1, 0.15) is 24.4 Å². The first-order valence-electron chi connectivity index (χ1n) is 9.11. The number of hydrogen-bond donors (Lipinski definition) is 3. The second-order valence-corrected chi connectivity index (χ2v) is 7.58. The van der Waals surface area contributed by atoms with Gasteiger partial charge in [0.05, 0.1) is 16.6 Å². The highest BCUT2D eigenvalue weighted by molar-refractivity contribution is 5.87. The second kappa shape index (κ2) is 6.35. The minimum atomic E-state index is -0.719. The number of aryl methyl sites for hydroxylation is 1. The van der Waals surface area contributed by atoms with Gasteiger partial charge in [0.15, 0.2) is 0 Å². The van der Waals surface area contributed by atoms with Gasteiger partial charge in [-0.2, -0.15) is 4.68 Å². The average Bonchev–Trinajstić information content (AvgIpc) is 3.40. The molecule has 0 spiro atoms. The van der Waals surface area contributed by atoms with Gasteiger partial charge in [0, 0.05) is 49.7 Å². The molecule has 2 heterocycles. The van der Waals surface area contributed by atoms with Crippen molar-refractivity contribution in [1.82, 2.24) is 9.24 Å². The van der Waals surface area contributed by atoms with Crippen LogP contribution in [-0.4, -0.2) is 45.8 Å². The number of nitrogens with zero attached hydrogens (tertiary/aromatic N) is 3. The molecule has 8 nitrogen and oxygen atoms in total. The van der Waals surface area contributed by atoms with Crippen LogP contribution in [-0.2, 0) is 0 Å². The molecule has 146 valence electrons. The lowest BCUT2D eigenvalue weighted by atomic mass is 9.98. The highest BCUT2D eigenvalue weighted by Crippen LogP contribution is 2.39. The third kappa shape index (κ3) is 2.64. The zero-order valence-corrected chi connectivity index (χ0v) is 15.1. The Bertz CT molecular complexity index is 1010. The molecule has 0 amide bonds. The van der Waals surface area contributed by atoms with Crippen LogP contribution in [0.2, 0.25) is 0 Å². The Balaban J connectivity index is 1.96. The summed E-state index contributed by atoms with van der Waals surface area (Å²) < 4.78 is 17.1. The molecule has 0 bridgehead atoms. The summed E-state index contributed by atoms with van der Waals surface area (Å²) in [6.45, 7) is 2.29. The number of halogens is 1. The van der Waals surface area contributed by atoms with Crippen LogP contribution in [0.5, 0.6) is 0 Å². The summed E-state index contributed by atoms with van der Waals surface area (Å²) in [5, 5.41) is 19.2. The van der Waals surface area contributed by atoms with E-state index in [2.05, 4.69) is 0 Å². The number of benzene rings is 1. The summed E-state index contributed by atoms with van der Waals surface area (Å²) in [7, 11) is 0. The SMILES string of the molecule is Cc1c(N2C[C@@H](CO)[C@@H](CO)C2)c(F)cc2c(=O)n(N)c(=O)n(C3CC3)c12. The first-order chi connectivity index (χ1) is 12.9. The lowest BCUT2D eigenvalue weighted by molar-refractivity contribution is 0.152. The minimum Gasteiger partial charge on any atom is -0.396 e. The van der Waals surface area contributed by atoms with Gasteiger partial charge in [-0.25, -0.2) is 9.18 Å². The van der Waals surface area contributed by atoms with Gasteiger partial charge in [0.25, 0.3) is 5.56 Å². The van der Waals surface area contributed by atoms with E-state index in [9.17, 15) is 19.8 Å². The fraction of sp³-hybridized carbons (Fsp3) is 0.556. The van der Waals surface area contributed by atoms with Crippen molar-refractivity contribution in [2.24, 2.45) is 11.8 Å². The molecule has 1 saturated heterocycles. The van der Waals surface area contributed by atoms with Crippen LogP contribution in [0.4, 0.5) is 10.1 Å². The standard InChI is InChI=1S/C18H23FN4O4/c1-9-15-13(17(26)23(20)18(27)22(15)12-2-3-12)4-14(19)16(9)21-5-10(7-24)11(6-21)8-25/h4,10-12,24-25H,2-3,5-8,20H2,1H3/t10-,11+. The normalized spacial score (nSPS) is 22.7. The van der Waals surface area contributed by atoms with Gasteiger partial charge >= 0.3 is 5.69 Å². The van der Waals surface area contributed by atoms with E-state index in [1.165, 1.54) is 4.57 Å². The van der Waals surface area contributed by atoms with Gasteiger partial charge in [-0.3, -0.25) is 9.36 Å². The molecule has 0 unspecified atom stereocenters. The number of aromatic nitrogens is 2. The van der Waals surface area contributed by atoms with Gasteiger partial charge in [0.2, 0.25) is 0 Å². The van der Waals surface area contributed by atoms with Crippen LogP contribution in [0.3, 0.4) is 0 Å². The first kappa shape index (κ1) is 18.0. The molecule has 27 heavy (non-hydrogen) atoms. The smallest absolute Gasteiger partial charge is 0.350 e. The monoisotopic (exact) mass is 378 g/mol. The van der Waals surface area contributed by atoms with Crippen molar-refractivity contribution in [3.63, 3.8) is 0 Å². The Labute approximate surface area is 154 Å². The lowest BCUT2D eigenvalue weighted by Crippen LogP contribution is -2.44. The van der Waals surface area contributed by atoms with Crippen LogP contribution < -0.4 is 22.0 Å². The van der Waals surface area contributed by atoms with E-state index < -0.39 is 17.1 Å². The summed E-state index contributed by atoms with van der Waals surface area (Å²) in [6, 6.07) is 1.10. The third-order valence-electron chi connectivity index (χ3n) is 5.84. The van der Waals surface area contributed by atoms with E-state index in [0.717, 1.165) is 18.9 Å². The van der Waals surface area contributed by atoms with Gasteiger partial charge in [0.1, 0.15) is 5.82 Å². The maximum atomic E-state index is 15.0. The summed E-state index contributed by atoms with van der Waals surface area (Å²) >= 11 is 0. The maximum absolute atomic E-state index is 15.0. The highest BCUT2D eigenvalue weighted by Gasteiger charge is 2.35. The molecule has 1 aromatic heterocycles. The summed E-state index contributed by atoms with van der Waals surface area (Å²) in [6.07, 6.45) is 1.62. The van der Waals surface area contributed by atoms with Crippen LogP contribution in [0, 0.1) is 24.6 Å². The summed E-state index contributed by atoms with van der Waals surface area (Å²) in [5.41, 5.74) is -0.0951. The fourth-order valence-electron chi connectivity index (χ4n) is 4.25. The number of rotatable bonds is 4. The van der Waals surface area contributed by atoms with E-state index in [1.807, 2.05) is 0 Å². The van der Waals surface area contributed by atoms with Gasteiger partial charge in [-0.15, -0.1) is 0 Å². The van der Waals surface area contributed by atoms with E-state index >= 15 is 4.39 Å². The average molecular weight is 378 g/mol. The minimum absolute atomic E-state index is 0.0404. The zero-order valence-electron chi connectivity index (χ0n) is 15.1. The first-order valence-corrected chi connectivity index (χ1v) is 9.11. The molecule has 9 heteroatoms. The molecular formula is C18H23FN4O4. The number of aliphatic hydroxyl groups excluding tert-OH is 2. The molecule has 0 radical (unpaired) electrons. The number of fused-ring (bicyclic) bond motifs is 1. The van der Waals surface area contributed by atoms with Crippen molar-refractivity contribution in [2.45, 2.75) is 25.8 Å². The number of anilines is 1. The Morgan fingerprint density at radius 1 is 1.19 bits per heavy atom.